The minimum atomic E-state index is 0. The number of halogens is 3. The smallest absolute Gasteiger partial charge is 0.147 e. The summed E-state index contributed by atoms with van der Waals surface area (Å²) < 4.78 is 4.75. The van der Waals surface area contributed by atoms with Crippen LogP contribution in [0.4, 0.5) is 0 Å². The van der Waals surface area contributed by atoms with Gasteiger partial charge in [-0.25, -0.2) is 0 Å². The van der Waals surface area contributed by atoms with Crippen LogP contribution in [0, 0.1) is 6.92 Å². The molecule has 0 spiro atoms. The van der Waals surface area contributed by atoms with Crippen LogP contribution in [0.25, 0.3) is 21.8 Å². The van der Waals surface area contributed by atoms with Gasteiger partial charge in [-0.15, -0.1) is 12.4 Å². The van der Waals surface area contributed by atoms with Gasteiger partial charge in [-0.3, -0.25) is 0 Å². The molecule has 7 heteroatoms. The molecule has 0 aliphatic carbocycles. The van der Waals surface area contributed by atoms with Gasteiger partial charge in [-0.05, 0) is 0 Å². The molecule has 147 valence electrons. The quantitative estimate of drug-likeness (QED) is 0.235. The van der Waals surface area contributed by atoms with E-state index in [-0.39, 0.29) is 18.6 Å². The molecule has 0 atom stereocenters. The first kappa shape index (κ1) is 23.1. The molecule has 0 bridgehead atoms. The molecule has 0 radical (unpaired) electrons. The zero-order valence-corrected chi connectivity index (χ0v) is 20.4. The Balaban J connectivity index is 0.00000140. The predicted octanol–water partition coefficient (Wildman–Crippen LogP) is 6.15. The summed E-state index contributed by atoms with van der Waals surface area (Å²) >= 11 is 8.11. The molecule has 2 aromatic carbocycles. The number of hydrogen-bond donors (Lipinski definition) is 1. The van der Waals surface area contributed by atoms with Gasteiger partial charge in [0.25, 0.3) is 0 Å². The van der Waals surface area contributed by atoms with Crippen LogP contribution >= 0.6 is 44.3 Å². The summed E-state index contributed by atoms with van der Waals surface area (Å²) in [6.45, 7) is 4.30. The van der Waals surface area contributed by atoms with E-state index in [1.54, 1.807) is 0 Å². The van der Waals surface area contributed by atoms with Crippen molar-refractivity contribution in [3.63, 3.8) is 0 Å². The van der Waals surface area contributed by atoms with E-state index >= 15 is 0 Å². The van der Waals surface area contributed by atoms with Crippen LogP contribution in [-0.4, -0.2) is 14.4 Å². The summed E-state index contributed by atoms with van der Waals surface area (Å²) in [5.41, 5.74) is 4.20. The molecule has 2 aromatic heterocycles. The third kappa shape index (κ3) is 4.54. The van der Waals surface area contributed by atoms with Crippen molar-refractivity contribution in [3.8, 4) is 0 Å². The fourth-order valence-corrected chi connectivity index (χ4v) is 5.83. The van der Waals surface area contributed by atoms with E-state index in [0.717, 1.165) is 51.0 Å². The molecule has 4 rings (SSSR count). The Morgan fingerprint density at radius 3 is 2.36 bits per heavy atom. The average Bonchev–Trinajstić information content (AvgIpc) is 2.64. The maximum atomic E-state index is 4.95. The van der Waals surface area contributed by atoms with E-state index in [9.17, 15) is 0 Å². The molecule has 2 heterocycles. The Hall–Kier alpha value is -1.14. The van der Waals surface area contributed by atoms with E-state index in [1.807, 2.05) is 12.3 Å². The van der Waals surface area contributed by atoms with Gasteiger partial charge in [0.05, 0.1) is 0 Å². The Labute approximate surface area is 193 Å². The van der Waals surface area contributed by atoms with E-state index in [4.69, 9.17) is 4.98 Å². The molecular formula is C21H19Br2ClFeN3. The van der Waals surface area contributed by atoms with Crippen LogP contribution in [0.15, 0.2) is 63.7 Å². The third-order valence-electron chi connectivity index (χ3n) is 4.16. The van der Waals surface area contributed by atoms with Crippen molar-refractivity contribution in [1.82, 2.24) is 16.1 Å². The number of aryl methyl sites for hydroxylation is 1. The number of fused-ring (bicyclic) bond motifs is 3. The maximum Gasteiger partial charge on any atom is -0.147 e. The minimum absolute atomic E-state index is 0. The van der Waals surface area contributed by atoms with Crippen molar-refractivity contribution >= 4 is 75.0 Å². The number of hydrogen-bond acceptors (Lipinski definition) is 3. The molecule has 0 saturated carbocycles. The summed E-state index contributed by atoms with van der Waals surface area (Å²) in [6, 6.07) is 16.7. The second-order valence-electron chi connectivity index (χ2n) is 6.02. The van der Waals surface area contributed by atoms with Gasteiger partial charge in [0.15, 0.2) is 0 Å². The van der Waals surface area contributed by atoms with Crippen molar-refractivity contribution in [2.75, 3.05) is 0 Å². The Kier molecular flexibility index (Phi) is 7.91. The molecule has 4 aromatic rings. The van der Waals surface area contributed by atoms with Crippen molar-refractivity contribution < 1.29 is 14.5 Å². The van der Waals surface area contributed by atoms with E-state index in [2.05, 4.69) is 93.2 Å². The number of aromatic nitrogens is 2. The second kappa shape index (κ2) is 9.57. The zero-order chi connectivity index (χ0) is 18.3. The van der Waals surface area contributed by atoms with Crippen molar-refractivity contribution in [1.29, 1.82) is 0 Å². The van der Waals surface area contributed by atoms with Gasteiger partial charge in [-0.2, -0.15) is 0 Å². The molecule has 0 fully saturated rings. The SMILES string of the molecule is C/[C](=[Fe]\[c]1c(C)cc(Br)cc1Br)c1ccc2ccc3cccnc3c2n1.Cl.N. The van der Waals surface area contributed by atoms with Gasteiger partial charge >= 0.3 is 176 Å². The first-order chi connectivity index (χ1) is 12.5. The van der Waals surface area contributed by atoms with Gasteiger partial charge in [0.1, 0.15) is 0 Å². The van der Waals surface area contributed by atoms with Gasteiger partial charge < -0.3 is 6.15 Å². The minimum Gasteiger partial charge on any atom is -0.344 e. The van der Waals surface area contributed by atoms with Crippen molar-refractivity contribution in [2.24, 2.45) is 0 Å². The Morgan fingerprint density at radius 2 is 1.64 bits per heavy atom. The van der Waals surface area contributed by atoms with Crippen LogP contribution in [0.5, 0.6) is 0 Å². The third-order valence-corrected chi connectivity index (χ3v) is 7.29. The Morgan fingerprint density at radius 1 is 0.964 bits per heavy atom. The number of nitrogens with zero attached hydrogens (tertiary/aromatic N) is 2. The summed E-state index contributed by atoms with van der Waals surface area (Å²) in [7, 11) is 0. The zero-order valence-electron chi connectivity index (χ0n) is 15.3. The largest absolute Gasteiger partial charge is 0.344 e. The topological polar surface area (TPSA) is 60.8 Å². The van der Waals surface area contributed by atoms with Crippen molar-refractivity contribution in [3.05, 3.63) is 74.9 Å². The molecule has 0 aliphatic heterocycles. The molecule has 0 unspecified atom stereocenters. The monoisotopic (exact) mass is 562 g/mol. The molecule has 3 N–H and O–H groups in total. The Bertz CT molecular complexity index is 1170. The molecule has 0 saturated heterocycles. The molecule has 0 amide bonds. The van der Waals surface area contributed by atoms with Crippen molar-refractivity contribution in [2.45, 2.75) is 13.8 Å². The van der Waals surface area contributed by atoms with Gasteiger partial charge in [0.2, 0.25) is 0 Å². The first-order valence-corrected chi connectivity index (χ1v) is 10.8. The molecule has 3 nitrogen and oxygen atoms in total. The van der Waals surface area contributed by atoms with Crippen LogP contribution in [-0.2, 0) is 14.5 Å². The van der Waals surface area contributed by atoms with Crippen LogP contribution in [0.1, 0.15) is 18.2 Å². The van der Waals surface area contributed by atoms with Crippen LogP contribution in [0.2, 0.25) is 0 Å². The molecule has 28 heavy (non-hydrogen) atoms. The second-order valence-corrected chi connectivity index (χ2v) is 9.45. The predicted molar refractivity (Wildman–Crippen MR) is 125 cm³/mol. The number of pyridine rings is 2. The van der Waals surface area contributed by atoms with Gasteiger partial charge in [-0.1, -0.05) is 0 Å². The van der Waals surface area contributed by atoms with E-state index in [1.165, 1.54) is 14.4 Å². The summed E-state index contributed by atoms with van der Waals surface area (Å²) in [5, 5.41) is 2.24. The molecular weight excluding hydrogens is 545 g/mol. The molecule has 0 aliphatic rings. The first-order valence-electron chi connectivity index (χ1n) is 8.09. The fourth-order valence-electron chi connectivity index (χ4n) is 2.88. The summed E-state index contributed by atoms with van der Waals surface area (Å²) in [6.07, 6.45) is 1.83. The van der Waals surface area contributed by atoms with E-state index < -0.39 is 0 Å². The summed E-state index contributed by atoms with van der Waals surface area (Å²) in [5.74, 6) is 0. The summed E-state index contributed by atoms with van der Waals surface area (Å²) in [4.78, 5) is 9.50. The average molecular weight is 565 g/mol. The maximum absolute atomic E-state index is 4.95. The van der Waals surface area contributed by atoms with E-state index in [0.29, 0.717) is 0 Å². The standard InChI is InChI=1S/C14H10N2.C7H5Br2.ClH.Fe.H3N/c1-2-12-8-7-11-6-5-10-4-3-9-15-13(10)14(11)16-12;1-5-2-6(8)4-7(9)3-5;;;/h3-9H,1H3;2,4H,1H3;1H;;1H3. The van der Waals surface area contributed by atoms with Crippen LogP contribution < -0.4 is 10.6 Å². The number of rotatable bonds is 2. The normalized spacial score (nSPS) is 11.5. The number of benzene rings is 2. The van der Waals surface area contributed by atoms with Crippen LogP contribution in [0.3, 0.4) is 0 Å². The van der Waals surface area contributed by atoms with Gasteiger partial charge in [0, 0.05) is 0 Å². The fraction of sp³-hybridized carbons (Fsp3) is 0.0952.